The molecule has 0 radical (unpaired) electrons. The smallest absolute Gasteiger partial charge is 0.335 e. The molecule has 0 aliphatic heterocycles. The zero-order valence-corrected chi connectivity index (χ0v) is 11.2. The zero-order chi connectivity index (χ0) is 14.7. The van der Waals surface area contributed by atoms with E-state index in [2.05, 4.69) is 5.10 Å². The summed E-state index contributed by atoms with van der Waals surface area (Å²) in [4.78, 5) is 22.8. The Morgan fingerprint density at radius 2 is 2.15 bits per heavy atom. The van der Waals surface area contributed by atoms with Gasteiger partial charge in [-0.2, -0.15) is 5.10 Å². The van der Waals surface area contributed by atoms with Crippen molar-refractivity contribution < 1.29 is 14.6 Å². The van der Waals surface area contributed by atoms with Gasteiger partial charge in [-0.1, -0.05) is 0 Å². The lowest BCUT2D eigenvalue weighted by Crippen LogP contribution is -2.23. The second kappa shape index (κ2) is 5.56. The van der Waals surface area contributed by atoms with E-state index in [1.54, 1.807) is 19.2 Å². The highest BCUT2D eigenvalue weighted by molar-refractivity contribution is 5.88. The van der Waals surface area contributed by atoms with Crippen LogP contribution in [0.25, 0.3) is 0 Å². The summed E-state index contributed by atoms with van der Waals surface area (Å²) in [5, 5.41) is 13.0. The molecule has 0 spiro atoms. The molecule has 1 heterocycles. The minimum absolute atomic E-state index is 0.140. The maximum absolute atomic E-state index is 11.8. The molecule has 0 atom stereocenters. The fraction of sp³-hybridized carbons (Fsp3) is 0.214. The van der Waals surface area contributed by atoms with Gasteiger partial charge in [0.05, 0.1) is 25.4 Å². The van der Waals surface area contributed by atoms with Crippen LogP contribution < -0.4 is 10.3 Å². The van der Waals surface area contributed by atoms with Gasteiger partial charge in [-0.25, -0.2) is 9.48 Å². The summed E-state index contributed by atoms with van der Waals surface area (Å²) in [7, 11) is 1.49. The summed E-state index contributed by atoms with van der Waals surface area (Å²) in [6.45, 7) is 1.94. The van der Waals surface area contributed by atoms with E-state index in [1.807, 2.05) is 0 Å². The second-order valence-electron chi connectivity index (χ2n) is 4.36. The first-order chi connectivity index (χ1) is 9.51. The van der Waals surface area contributed by atoms with E-state index >= 15 is 0 Å². The lowest BCUT2D eigenvalue weighted by Gasteiger charge is -2.10. The molecule has 0 bridgehead atoms. The van der Waals surface area contributed by atoms with Crippen LogP contribution in [0.1, 0.15) is 21.5 Å². The number of methoxy groups -OCH3 is 1. The van der Waals surface area contributed by atoms with Crippen molar-refractivity contribution in [3.63, 3.8) is 0 Å². The van der Waals surface area contributed by atoms with Gasteiger partial charge >= 0.3 is 5.97 Å². The largest absolute Gasteiger partial charge is 0.496 e. The van der Waals surface area contributed by atoms with Gasteiger partial charge in [-0.05, 0) is 30.7 Å². The topological polar surface area (TPSA) is 81.4 Å². The van der Waals surface area contributed by atoms with Crippen molar-refractivity contribution >= 4 is 5.97 Å². The fourth-order valence-electron chi connectivity index (χ4n) is 1.84. The Bertz CT molecular complexity index is 707. The van der Waals surface area contributed by atoms with Crippen molar-refractivity contribution in [2.45, 2.75) is 13.5 Å². The number of aryl methyl sites for hydroxylation is 1. The third kappa shape index (κ3) is 2.85. The number of hydrogen-bond donors (Lipinski definition) is 1. The highest BCUT2D eigenvalue weighted by Gasteiger charge is 2.10. The summed E-state index contributed by atoms with van der Waals surface area (Å²) in [6.07, 6.45) is 1.58. The summed E-state index contributed by atoms with van der Waals surface area (Å²) in [5.74, 6) is -0.512. The number of aromatic nitrogens is 2. The van der Waals surface area contributed by atoms with E-state index in [9.17, 15) is 9.59 Å². The van der Waals surface area contributed by atoms with E-state index in [1.165, 1.54) is 30.0 Å². The molecule has 0 fully saturated rings. The van der Waals surface area contributed by atoms with Crippen LogP contribution in [0.5, 0.6) is 5.75 Å². The van der Waals surface area contributed by atoms with E-state index in [4.69, 9.17) is 9.84 Å². The van der Waals surface area contributed by atoms with Crippen molar-refractivity contribution in [1.29, 1.82) is 0 Å². The molecule has 6 heteroatoms. The fourth-order valence-corrected chi connectivity index (χ4v) is 1.84. The Labute approximate surface area is 115 Å². The number of carbonyl (C=O) groups is 1. The molecule has 2 rings (SSSR count). The third-order valence-corrected chi connectivity index (χ3v) is 2.85. The van der Waals surface area contributed by atoms with Crippen LogP contribution in [0.4, 0.5) is 0 Å². The van der Waals surface area contributed by atoms with Gasteiger partial charge in [-0.3, -0.25) is 4.79 Å². The maximum Gasteiger partial charge on any atom is 0.335 e. The average molecular weight is 274 g/mol. The molecule has 20 heavy (non-hydrogen) atoms. The number of aromatic carboxylic acids is 1. The van der Waals surface area contributed by atoms with Crippen LogP contribution in [0, 0.1) is 6.92 Å². The monoisotopic (exact) mass is 274 g/mol. The lowest BCUT2D eigenvalue weighted by atomic mass is 10.1. The number of benzene rings is 1. The van der Waals surface area contributed by atoms with Crippen LogP contribution in [0.2, 0.25) is 0 Å². The molecule has 0 saturated heterocycles. The van der Waals surface area contributed by atoms with Crippen molar-refractivity contribution in [1.82, 2.24) is 9.78 Å². The number of nitrogens with zero attached hydrogens (tertiary/aromatic N) is 2. The third-order valence-electron chi connectivity index (χ3n) is 2.85. The Morgan fingerprint density at radius 3 is 2.75 bits per heavy atom. The molecule has 0 unspecified atom stereocenters. The Balaban J connectivity index is 2.43. The molecule has 2 aromatic rings. The minimum atomic E-state index is -1.03. The number of hydrogen-bond acceptors (Lipinski definition) is 4. The zero-order valence-electron chi connectivity index (χ0n) is 11.2. The molecule has 1 N–H and O–H groups in total. The summed E-state index contributed by atoms with van der Waals surface area (Å²) in [6, 6.07) is 5.98. The summed E-state index contributed by atoms with van der Waals surface area (Å²) >= 11 is 0. The van der Waals surface area contributed by atoms with Crippen LogP contribution in [-0.2, 0) is 6.54 Å². The van der Waals surface area contributed by atoms with Gasteiger partial charge < -0.3 is 9.84 Å². The number of carboxylic acid groups (broad SMARTS) is 1. The average Bonchev–Trinajstić information content (AvgIpc) is 2.41. The minimum Gasteiger partial charge on any atom is -0.496 e. The molecular formula is C14H14N2O4. The number of rotatable bonds is 4. The first-order valence-corrected chi connectivity index (χ1v) is 5.95. The lowest BCUT2D eigenvalue weighted by molar-refractivity contribution is 0.0696. The van der Waals surface area contributed by atoms with Crippen molar-refractivity contribution in [2.75, 3.05) is 7.11 Å². The standard InChI is InChI=1S/C14H14N2O4/c1-9-5-13(17)16(15-7-9)8-11-6-10(14(18)19)3-4-12(11)20-2/h3-7H,8H2,1-2H3,(H,18,19). The molecule has 104 valence electrons. The second-order valence-corrected chi connectivity index (χ2v) is 4.36. The molecule has 1 aromatic carbocycles. The Hall–Kier alpha value is -2.63. The maximum atomic E-state index is 11.8. The summed E-state index contributed by atoms with van der Waals surface area (Å²) < 4.78 is 6.44. The van der Waals surface area contributed by atoms with Crippen molar-refractivity contribution in [3.05, 3.63) is 57.5 Å². The van der Waals surface area contributed by atoms with Crippen LogP contribution >= 0.6 is 0 Å². The molecule has 0 saturated carbocycles. The predicted molar refractivity (Wildman–Crippen MR) is 72.3 cm³/mol. The number of ether oxygens (including phenoxy) is 1. The van der Waals surface area contributed by atoms with Crippen molar-refractivity contribution in [3.8, 4) is 5.75 Å². The van der Waals surface area contributed by atoms with Crippen LogP contribution in [-0.4, -0.2) is 28.0 Å². The van der Waals surface area contributed by atoms with Crippen molar-refractivity contribution in [2.24, 2.45) is 0 Å². The first kappa shape index (κ1) is 13.8. The molecule has 6 nitrogen and oxygen atoms in total. The summed E-state index contributed by atoms with van der Waals surface area (Å²) in [5.41, 5.74) is 1.26. The Kier molecular flexibility index (Phi) is 3.84. The normalized spacial score (nSPS) is 10.3. The van der Waals surface area contributed by atoms with Gasteiger partial charge in [0, 0.05) is 11.6 Å². The number of carboxylic acids is 1. The quantitative estimate of drug-likeness (QED) is 0.909. The van der Waals surface area contributed by atoms with E-state index in [0.717, 1.165) is 5.56 Å². The van der Waals surface area contributed by atoms with Gasteiger partial charge in [0.1, 0.15) is 5.75 Å². The molecular weight excluding hydrogens is 260 g/mol. The van der Waals surface area contributed by atoms with Gasteiger partial charge in [0.15, 0.2) is 0 Å². The SMILES string of the molecule is COc1ccc(C(=O)O)cc1Cn1ncc(C)cc1=O. The molecule has 0 amide bonds. The molecule has 1 aromatic heterocycles. The molecule has 0 aliphatic rings. The van der Waals surface area contributed by atoms with E-state index in [0.29, 0.717) is 11.3 Å². The highest BCUT2D eigenvalue weighted by Crippen LogP contribution is 2.20. The Morgan fingerprint density at radius 1 is 1.40 bits per heavy atom. The van der Waals surface area contributed by atoms with Gasteiger partial charge in [0.2, 0.25) is 0 Å². The van der Waals surface area contributed by atoms with Gasteiger partial charge in [0.25, 0.3) is 5.56 Å². The predicted octanol–water partition coefficient (Wildman–Crippen LogP) is 1.31. The van der Waals surface area contributed by atoms with E-state index < -0.39 is 5.97 Å². The highest BCUT2D eigenvalue weighted by atomic mass is 16.5. The first-order valence-electron chi connectivity index (χ1n) is 5.95. The molecule has 0 aliphatic carbocycles. The van der Waals surface area contributed by atoms with Crippen LogP contribution in [0.15, 0.2) is 35.3 Å². The van der Waals surface area contributed by atoms with E-state index in [-0.39, 0.29) is 17.7 Å². The van der Waals surface area contributed by atoms with Gasteiger partial charge in [-0.15, -0.1) is 0 Å². The van der Waals surface area contributed by atoms with Crippen LogP contribution in [0.3, 0.4) is 0 Å².